The molecule has 0 unspecified atom stereocenters. The van der Waals surface area contributed by atoms with Crippen molar-refractivity contribution >= 4 is 27.5 Å². The van der Waals surface area contributed by atoms with Crippen molar-refractivity contribution in [3.63, 3.8) is 0 Å². The molecule has 0 aromatic heterocycles. The number of benzene rings is 2. The molecule has 0 saturated carbocycles. The summed E-state index contributed by atoms with van der Waals surface area (Å²) < 4.78 is 33.8. The Hall–Kier alpha value is -2.71. The minimum atomic E-state index is -3.97. The summed E-state index contributed by atoms with van der Waals surface area (Å²) in [6, 6.07) is 13.3. The van der Waals surface area contributed by atoms with Crippen molar-refractivity contribution in [3.05, 3.63) is 54.1 Å². The van der Waals surface area contributed by atoms with Gasteiger partial charge in [0.1, 0.15) is 10.6 Å². The van der Waals surface area contributed by atoms with E-state index in [-0.39, 0.29) is 53.6 Å². The third-order valence-electron chi connectivity index (χ3n) is 4.80. The third kappa shape index (κ3) is 4.18. The number of nitrogens with zero attached hydrogens (tertiary/aromatic N) is 2. The first-order valence-electron chi connectivity index (χ1n) is 9.35. The van der Waals surface area contributed by atoms with E-state index in [0.29, 0.717) is 0 Å². The van der Waals surface area contributed by atoms with Crippen LogP contribution in [0.4, 0.5) is 5.69 Å². The van der Waals surface area contributed by atoms with Crippen molar-refractivity contribution in [2.75, 3.05) is 12.0 Å². The van der Waals surface area contributed by atoms with Gasteiger partial charge in [-0.1, -0.05) is 30.3 Å². The maximum absolute atomic E-state index is 13.5. The minimum absolute atomic E-state index is 0.0744. The van der Waals surface area contributed by atoms with Gasteiger partial charge in [0, 0.05) is 25.4 Å². The molecule has 29 heavy (non-hydrogen) atoms. The van der Waals surface area contributed by atoms with E-state index in [0.717, 1.165) is 10.5 Å². The second-order valence-electron chi connectivity index (χ2n) is 7.09. The molecular formula is C21H24N2O5S. The summed E-state index contributed by atoms with van der Waals surface area (Å²) in [5.41, 5.74) is 1.09. The number of ether oxygens (including phenoxy) is 1. The molecule has 2 aromatic rings. The number of amides is 2. The smallest absolute Gasteiger partial charge is 0.247 e. The van der Waals surface area contributed by atoms with Crippen LogP contribution >= 0.6 is 0 Å². The van der Waals surface area contributed by atoms with E-state index < -0.39 is 10.0 Å². The van der Waals surface area contributed by atoms with E-state index in [4.69, 9.17) is 4.74 Å². The standard InChI is InChI=1S/C21H24N2O5S/c1-15(2)22(14-16-7-5-4-6-8-16)29(26,27)19-13-17(9-10-18(19)28-3)23-20(24)11-12-21(23)25/h4-10,13,15H,11-12,14H2,1-3H3. The number of sulfonamides is 1. The van der Waals surface area contributed by atoms with Crippen LogP contribution in [-0.4, -0.2) is 37.7 Å². The average molecular weight is 416 g/mol. The van der Waals surface area contributed by atoms with Gasteiger partial charge in [0.2, 0.25) is 21.8 Å². The van der Waals surface area contributed by atoms with Crippen molar-refractivity contribution in [2.24, 2.45) is 0 Å². The average Bonchev–Trinajstić information content (AvgIpc) is 3.04. The van der Waals surface area contributed by atoms with Crippen LogP contribution in [0.5, 0.6) is 5.75 Å². The van der Waals surface area contributed by atoms with Gasteiger partial charge < -0.3 is 4.74 Å². The Morgan fingerprint density at radius 3 is 2.21 bits per heavy atom. The van der Waals surface area contributed by atoms with Crippen LogP contribution in [0.25, 0.3) is 0 Å². The fraction of sp³-hybridized carbons (Fsp3) is 0.333. The number of rotatable bonds is 7. The van der Waals surface area contributed by atoms with Crippen molar-refractivity contribution in [2.45, 2.75) is 44.2 Å². The van der Waals surface area contributed by atoms with Crippen LogP contribution < -0.4 is 9.64 Å². The Bertz CT molecular complexity index is 1000. The number of methoxy groups -OCH3 is 1. The number of carbonyl (C=O) groups is 2. The molecule has 1 fully saturated rings. The second-order valence-corrected chi connectivity index (χ2v) is 8.95. The Morgan fingerprint density at radius 1 is 1.03 bits per heavy atom. The maximum atomic E-state index is 13.5. The van der Waals surface area contributed by atoms with Gasteiger partial charge in [-0.05, 0) is 37.6 Å². The van der Waals surface area contributed by atoms with Gasteiger partial charge in [-0.25, -0.2) is 8.42 Å². The van der Waals surface area contributed by atoms with Crippen molar-refractivity contribution in [3.8, 4) is 5.75 Å². The molecule has 8 heteroatoms. The fourth-order valence-corrected chi connectivity index (χ4v) is 5.11. The van der Waals surface area contributed by atoms with Gasteiger partial charge >= 0.3 is 0 Å². The number of anilines is 1. The molecule has 0 bridgehead atoms. The summed E-state index contributed by atoms with van der Waals surface area (Å²) in [4.78, 5) is 25.2. The molecule has 154 valence electrons. The molecule has 3 rings (SSSR count). The molecule has 1 saturated heterocycles. The zero-order chi connectivity index (χ0) is 21.2. The number of imide groups is 1. The monoisotopic (exact) mass is 416 g/mol. The van der Waals surface area contributed by atoms with Gasteiger partial charge in [-0.15, -0.1) is 0 Å². The zero-order valence-corrected chi connectivity index (χ0v) is 17.5. The first-order valence-corrected chi connectivity index (χ1v) is 10.8. The predicted molar refractivity (Wildman–Crippen MR) is 109 cm³/mol. The van der Waals surface area contributed by atoms with E-state index in [9.17, 15) is 18.0 Å². The topological polar surface area (TPSA) is 84.0 Å². The molecule has 1 aliphatic heterocycles. The van der Waals surface area contributed by atoms with Crippen LogP contribution in [0.15, 0.2) is 53.4 Å². The summed E-state index contributed by atoms with van der Waals surface area (Å²) in [6.45, 7) is 3.78. The van der Waals surface area contributed by atoms with E-state index in [2.05, 4.69) is 0 Å². The number of hydrogen-bond donors (Lipinski definition) is 0. The second kappa shape index (κ2) is 8.34. The lowest BCUT2D eigenvalue weighted by atomic mass is 10.2. The molecule has 0 atom stereocenters. The molecule has 0 N–H and O–H groups in total. The van der Waals surface area contributed by atoms with Crippen LogP contribution in [0.1, 0.15) is 32.3 Å². The lowest BCUT2D eigenvalue weighted by molar-refractivity contribution is -0.121. The van der Waals surface area contributed by atoms with Gasteiger partial charge in [0.15, 0.2) is 0 Å². The summed E-state index contributed by atoms with van der Waals surface area (Å²) in [5, 5.41) is 0. The van der Waals surface area contributed by atoms with Crippen LogP contribution in [0.3, 0.4) is 0 Å². The fourth-order valence-electron chi connectivity index (χ4n) is 3.31. The molecule has 1 aliphatic rings. The molecule has 2 amide bonds. The van der Waals surface area contributed by atoms with Gasteiger partial charge in [0.25, 0.3) is 0 Å². The van der Waals surface area contributed by atoms with Crippen LogP contribution in [-0.2, 0) is 26.2 Å². The Labute approximate surface area is 170 Å². The molecule has 0 radical (unpaired) electrons. The quantitative estimate of drug-likeness (QED) is 0.648. The summed E-state index contributed by atoms with van der Waals surface area (Å²) >= 11 is 0. The summed E-state index contributed by atoms with van der Waals surface area (Å²) in [6.07, 6.45) is 0.248. The third-order valence-corrected chi connectivity index (χ3v) is 6.84. The Kier molecular flexibility index (Phi) is 6.04. The van der Waals surface area contributed by atoms with Crippen LogP contribution in [0.2, 0.25) is 0 Å². The van der Waals surface area contributed by atoms with Crippen molar-refractivity contribution < 1.29 is 22.7 Å². The Morgan fingerprint density at radius 2 is 1.66 bits per heavy atom. The Balaban J connectivity index is 2.06. The lowest BCUT2D eigenvalue weighted by Crippen LogP contribution is -2.37. The molecule has 1 heterocycles. The van der Waals surface area contributed by atoms with E-state index in [1.165, 1.54) is 29.6 Å². The molecular weight excluding hydrogens is 392 g/mol. The predicted octanol–water partition coefficient (Wildman–Crippen LogP) is 2.95. The maximum Gasteiger partial charge on any atom is 0.247 e. The first-order chi connectivity index (χ1) is 13.8. The van der Waals surface area contributed by atoms with E-state index in [1.807, 2.05) is 30.3 Å². The molecule has 0 spiro atoms. The highest BCUT2D eigenvalue weighted by Crippen LogP contribution is 2.34. The van der Waals surface area contributed by atoms with Crippen LogP contribution in [0, 0.1) is 0 Å². The van der Waals surface area contributed by atoms with E-state index >= 15 is 0 Å². The van der Waals surface area contributed by atoms with Gasteiger partial charge in [0.05, 0.1) is 12.8 Å². The highest BCUT2D eigenvalue weighted by Gasteiger charge is 2.34. The number of carbonyl (C=O) groups excluding carboxylic acids is 2. The highest BCUT2D eigenvalue weighted by atomic mass is 32.2. The zero-order valence-electron chi connectivity index (χ0n) is 16.7. The van der Waals surface area contributed by atoms with Gasteiger partial charge in [-0.2, -0.15) is 4.31 Å². The van der Waals surface area contributed by atoms with Crippen molar-refractivity contribution in [1.29, 1.82) is 0 Å². The molecule has 0 aliphatic carbocycles. The van der Waals surface area contributed by atoms with E-state index in [1.54, 1.807) is 13.8 Å². The first kappa shape index (κ1) is 21.0. The molecule has 7 nitrogen and oxygen atoms in total. The molecule has 2 aromatic carbocycles. The summed E-state index contributed by atoms with van der Waals surface area (Å²) in [5.74, 6) is -0.520. The highest BCUT2D eigenvalue weighted by molar-refractivity contribution is 7.89. The normalized spacial score (nSPS) is 14.9. The minimum Gasteiger partial charge on any atom is -0.495 e. The summed E-state index contributed by atoms with van der Waals surface area (Å²) in [7, 11) is -2.58. The van der Waals surface area contributed by atoms with Crippen molar-refractivity contribution in [1.82, 2.24) is 4.31 Å². The lowest BCUT2D eigenvalue weighted by Gasteiger charge is -2.27. The van der Waals surface area contributed by atoms with Gasteiger partial charge in [-0.3, -0.25) is 14.5 Å². The largest absolute Gasteiger partial charge is 0.495 e. The SMILES string of the molecule is COc1ccc(N2C(=O)CCC2=O)cc1S(=O)(=O)N(Cc1ccccc1)C(C)C. The number of hydrogen-bond acceptors (Lipinski definition) is 5.